The van der Waals surface area contributed by atoms with Crippen molar-refractivity contribution in [3.05, 3.63) is 57.3 Å². The number of aromatic carboxylic acids is 1. The second-order valence-corrected chi connectivity index (χ2v) is 13.7. The summed E-state index contributed by atoms with van der Waals surface area (Å²) in [6.45, 7) is 4.22. The van der Waals surface area contributed by atoms with Crippen molar-refractivity contribution in [1.82, 2.24) is 10.1 Å². The van der Waals surface area contributed by atoms with Crippen LogP contribution in [0.3, 0.4) is 0 Å². The zero-order valence-electron chi connectivity index (χ0n) is 23.2. The Morgan fingerprint density at radius 2 is 1.98 bits per heavy atom. The van der Waals surface area contributed by atoms with Crippen LogP contribution in [-0.4, -0.2) is 39.5 Å². The topological polar surface area (TPSA) is 107 Å². The normalized spacial score (nSPS) is 23.3. The van der Waals surface area contributed by atoms with E-state index in [0.29, 0.717) is 56.9 Å². The smallest absolute Gasteiger partial charge is 0.335 e. The van der Waals surface area contributed by atoms with Gasteiger partial charge in [0, 0.05) is 29.0 Å². The molecule has 220 valence electrons. The number of anilines is 1. The molecule has 7 rings (SSSR count). The van der Waals surface area contributed by atoms with Gasteiger partial charge >= 0.3 is 5.97 Å². The molecule has 0 amide bonds. The molecule has 2 N–H and O–H groups in total. The van der Waals surface area contributed by atoms with Crippen LogP contribution in [-0.2, 0) is 11.3 Å². The molecule has 0 spiro atoms. The van der Waals surface area contributed by atoms with Crippen molar-refractivity contribution in [3.8, 4) is 17.0 Å². The van der Waals surface area contributed by atoms with E-state index in [1.165, 1.54) is 11.3 Å². The lowest BCUT2D eigenvalue weighted by molar-refractivity contribution is 0.00148. The molecule has 3 aliphatic carbocycles. The van der Waals surface area contributed by atoms with Gasteiger partial charge in [0.15, 0.2) is 5.13 Å². The molecule has 3 fully saturated rings. The second-order valence-electron chi connectivity index (χ2n) is 11.9. The average molecular weight is 629 g/mol. The lowest BCUT2D eigenvalue weighted by Crippen LogP contribution is -2.35. The van der Waals surface area contributed by atoms with E-state index < -0.39 is 5.97 Å². The number of hydrogen-bond donors (Lipinski definition) is 2. The maximum atomic E-state index is 11.7. The number of ether oxygens (including phenoxy) is 2. The minimum Gasteiger partial charge on any atom is -0.489 e. The molecule has 2 aromatic carbocycles. The third-order valence-corrected chi connectivity index (χ3v) is 10.1. The molecule has 1 unspecified atom stereocenters. The minimum absolute atomic E-state index is 0.0885. The van der Waals surface area contributed by atoms with E-state index in [2.05, 4.69) is 10.5 Å². The van der Waals surface area contributed by atoms with Gasteiger partial charge in [0.1, 0.15) is 22.7 Å². The first-order valence-electron chi connectivity index (χ1n) is 14.4. The maximum Gasteiger partial charge on any atom is 0.335 e. The maximum absolute atomic E-state index is 11.7. The highest BCUT2D eigenvalue weighted by Gasteiger charge is 2.47. The molecule has 0 aliphatic heterocycles. The number of fused-ring (bicyclic) bond motifs is 3. The molecule has 2 heterocycles. The Labute approximate surface area is 257 Å². The number of thiazole rings is 1. The van der Waals surface area contributed by atoms with Crippen LogP contribution in [0.5, 0.6) is 5.75 Å². The van der Waals surface area contributed by atoms with Gasteiger partial charge in [0.05, 0.1) is 39.1 Å². The number of halogens is 2. The zero-order valence-corrected chi connectivity index (χ0v) is 25.6. The fraction of sp³-hybridized carbons (Fsp3) is 0.452. The molecule has 2 bridgehead atoms. The van der Waals surface area contributed by atoms with Gasteiger partial charge in [-0.15, -0.1) is 0 Å². The highest BCUT2D eigenvalue weighted by Crippen LogP contribution is 2.50. The summed E-state index contributed by atoms with van der Waals surface area (Å²) < 4.78 is 19.2. The molecule has 0 saturated heterocycles. The third-order valence-electron chi connectivity index (χ3n) is 8.54. The number of carbonyl (C=O) groups is 1. The molecular weight excluding hydrogens is 597 g/mol. The van der Waals surface area contributed by atoms with E-state index in [9.17, 15) is 9.90 Å². The van der Waals surface area contributed by atoms with Gasteiger partial charge in [-0.2, -0.15) is 0 Å². The summed E-state index contributed by atoms with van der Waals surface area (Å²) in [6, 6.07) is 8.88. The standard InChI is InChI=1S/C31H31Cl2N3O5S/c1-14(2)40-24-11-17(30(37)38)12-25-28(24)35-31(42-25)34-22-9-15-8-18(22)23(10-15)39-13-19-27(36-41-29(19)16-6-7-16)26-20(32)4-3-5-21(26)33/h3-5,11-12,14-16,18,22-23H,6-10,13H2,1-2H3,(H,34,35)(H,37,38)/t15-,18+,22?,23+/m1/s1. The molecule has 4 aromatic rings. The Bertz CT molecular complexity index is 1650. The summed E-state index contributed by atoms with van der Waals surface area (Å²) in [5.41, 5.74) is 3.17. The summed E-state index contributed by atoms with van der Waals surface area (Å²) in [7, 11) is 0. The third kappa shape index (κ3) is 5.25. The van der Waals surface area contributed by atoms with Crippen LogP contribution < -0.4 is 10.1 Å². The van der Waals surface area contributed by atoms with Crippen LogP contribution in [0.1, 0.15) is 73.6 Å². The summed E-state index contributed by atoms with van der Waals surface area (Å²) in [6.07, 6.45) is 5.32. The van der Waals surface area contributed by atoms with Crippen LogP contribution >= 0.6 is 34.5 Å². The quantitative estimate of drug-likeness (QED) is 0.180. The fourth-order valence-electron chi connectivity index (χ4n) is 6.57. The largest absolute Gasteiger partial charge is 0.489 e. The number of carboxylic acids is 1. The molecular formula is C31H31Cl2N3O5S. The van der Waals surface area contributed by atoms with E-state index in [-0.39, 0.29) is 23.8 Å². The summed E-state index contributed by atoms with van der Waals surface area (Å²) in [5, 5.41) is 19.5. The number of benzene rings is 2. The predicted molar refractivity (Wildman–Crippen MR) is 163 cm³/mol. The van der Waals surface area contributed by atoms with Gasteiger partial charge in [-0.05, 0) is 76.1 Å². The highest BCUT2D eigenvalue weighted by molar-refractivity contribution is 7.22. The van der Waals surface area contributed by atoms with Crippen molar-refractivity contribution in [2.45, 2.75) is 76.7 Å². The number of rotatable bonds is 10. The predicted octanol–water partition coefficient (Wildman–Crippen LogP) is 8.42. The van der Waals surface area contributed by atoms with Crippen molar-refractivity contribution in [3.63, 3.8) is 0 Å². The molecule has 3 aliphatic rings. The molecule has 8 nitrogen and oxygen atoms in total. The molecule has 0 radical (unpaired) electrons. The summed E-state index contributed by atoms with van der Waals surface area (Å²) >= 11 is 14.6. The highest BCUT2D eigenvalue weighted by atomic mass is 35.5. The Morgan fingerprint density at radius 3 is 2.67 bits per heavy atom. The Hall–Kier alpha value is -2.85. The minimum atomic E-state index is -0.987. The van der Waals surface area contributed by atoms with Crippen LogP contribution in [0.4, 0.5) is 5.13 Å². The van der Waals surface area contributed by atoms with Crippen molar-refractivity contribution in [2.24, 2.45) is 11.8 Å². The monoisotopic (exact) mass is 627 g/mol. The first kappa shape index (κ1) is 28.0. The van der Waals surface area contributed by atoms with Crippen LogP contribution in [0.15, 0.2) is 34.9 Å². The van der Waals surface area contributed by atoms with Gasteiger partial charge in [-0.1, -0.05) is 45.8 Å². The molecule has 3 saturated carbocycles. The molecule has 42 heavy (non-hydrogen) atoms. The Morgan fingerprint density at radius 1 is 1.19 bits per heavy atom. The van der Waals surface area contributed by atoms with E-state index >= 15 is 0 Å². The lowest BCUT2D eigenvalue weighted by atomic mass is 9.92. The SMILES string of the molecule is CC(C)Oc1cc(C(=O)O)cc2sc(NC3C[C@@H]4C[C@H](OCc5c(-c6c(Cl)cccc6Cl)noc5C5CC5)[C@H]3C4)nc12. The van der Waals surface area contributed by atoms with E-state index in [0.717, 1.165) is 53.3 Å². The Balaban J connectivity index is 1.10. The van der Waals surface area contributed by atoms with Crippen LogP contribution in [0, 0.1) is 11.8 Å². The number of nitrogens with one attached hydrogen (secondary N) is 1. The van der Waals surface area contributed by atoms with E-state index in [4.69, 9.17) is 42.2 Å². The van der Waals surface area contributed by atoms with Gasteiger partial charge in [0.2, 0.25) is 0 Å². The summed E-state index contributed by atoms with van der Waals surface area (Å²) in [5.74, 6) is 1.67. The van der Waals surface area contributed by atoms with Gasteiger partial charge < -0.3 is 24.4 Å². The number of carboxylic acid groups (broad SMARTS) is 1. The van der Waals surface area contributed by atoms with Crippen molar-refractivity contribution in [1.29, 1.82) is 0 Å². The zero-order chi connectivity index (χ0) is 29.1. The first-order chi connectivity index (χ1) is 20.2. The van der Waals surface area contributed by atoms with Crippen LogP contribution in [0.25, 0.3) is 21.5 Å². The molecule has 4 atom stereocenters. The van der Waals surface area contributed by atoms with Crippen molar-refractivity contribution in [2.75, 3.05) is 5.32 Å². The lowest BCUT2D eigenvalue weighted by Gasteiger charge is -2.30. The fourth-order valence-corrected chi connectivity index (χ4v) is 8.13. The molecule has 11 heteroatoms. The molecule has 2 aromatic heterocycles. The van der Waals surface area contributed by atoms with Crippen LogP contribution in [0.2, 0.25) is 10.0 Å². The second kappa shape index (κ2) is 11.0. The van der Waals surface area contributed by atoms with Gasteiger partial charge in [-0.3, -0.25) is 0 Å². The summed E-state index contributed by atoms with van der Waals surface area (Å²) in [4.78, 5) is 16.5. The van der Waals surface area contributed by atoms with Crippen molar-refractivity contribution >= 4 is 55.9 Å². The Kier molecular flexibility index (Phi) is 7.33. The average Bonchev–Trinajstić information content (AvgIpc) is 3.23. The van der Waals surface area contributed by atoms with Gasteiger partial charge in [0.25, 0.3) is 0 Å². The van der Waals surface area contributed by atoms with E-state index in [1.807, 2.05) is 32.0 Å². The number of hydrogen-bond acceptors (Lipinski definition) is 8. The van der Waals surface area contributed by atoms with Crippen molar-refractivity contribution < 1.29 is 23.9 Å². The van der Waals surface area contributed by atoms with E-state index in [1.54, 1.807) is 12.1 Å². The van der Waals surface area contributed by atoms with Gasteiger partial charge in [-0.25, -0.2) is 9.78 Å². The first-order valence-corrected chi connectivity index (χ1v) is 16.0. The number of aromatic nitrogens is 2. The number of nitrogens with zero attached hydrogens (tertiary/aromatic N) is 2.